The first-order chi connectivity index (χ1) is 11.5. The Morgan fingerprint density at radius 3 is 2.58 bits per heavy atom. The fourth-order valence-corrected chi connectivity index (χ4v) is 3.65. The van der Waals surface area contributed by atoms with Crippen LogP contribution in [0.3, 0.4) is 0 Å². The molecule has 0 saturated carbocycles. The number of benzene rings is 2. The van der Waals surface area contributed by atoms with Gasteiger partial charge in [-0.1, -0.05) is 19.1 Å². The maximum absolute atomic E-state index is 12.4. The molecular formula is C19H22IN3O. The molecule has 0 unspecified atom stereocenters. The Balaban J connectivity index is 1.73. The molecule has 0 aliphatic carbocycles. The molecule has 1 fully saturated rings. The summed E-state index contributed by atoms with van der Waals surface area (Å²) in [4.78, 5) is 14.7. The summed E-state index contributed by atoms with van der Waals surface area (Å²) in [5.74, 6) is 0.674. The third-order valence-corrected chi connectivity index (χ3v) is 5.47. The molecule has 0 atom stereocenters. The monoisotopic (exact) mass is 435 g/mol. The van der Waals surface area contributed by atoms with Crippen LogP contribution in [0.25, 0.3) is 0 Å². The maximum atomic E-state index is 12.4. The molecule has 0 aromatic heterocycles. The highest BCUT2D eigenvalue weighted by Crippen LogP contribution is 2.30. The molecule has 3 N–H and O–H groups in total. The molecule has 2 aromatic rings. The van der Waals surface area contributed by atoms with Crippen molar-refractivity contribution in [2.45, 2.75) is 19.8 Å². The number of nitrogen functional groups attached to an aromatic ring is 1. The van der Waals surface area contributed by atoms with Crippen LogP contribution in [0.4, 0.5) is 17.1 Å². The largest absolute Gasteiger partial charge is 0.397 e. The number of hydrogen-bond donors (Lipinski definition) is 2. The Bertz CT molecular complexity index is 739. The SMILES string of the molecule is CC1CCN(c2ccc(NC(=O)c3ccccc3I)cc2N)CC1. The van der Waals surface area contributed by atoms with Crippen LogP contribution in [-0.4, -0.2) is 19.0 Å². The van der Waals surface area contributed by atoms with Crippen LogP contribution in [0.2, 0.25) is 0 Å². The van der Waals surface area contributed by atoms with Gasteiger partial charge in [-0.25, -0.2) is 0 Å². The van der Waals surface area contributed by atoms with E-state index in [1.165, 1.54) is 12.8 Å². The number of rotatable bonds is 3. The lowest BCUT2D eigenvalue weighted by molar-refractivity contribution is 0.102. The number of amides is 1. The van der Waals surface area contributed by atoms with Gasteiger partial charge < -0.3 is 16.0 Å². The van der Waals surface area contributed by atoms with E-state index in [0.29, 0.717) is 11.3 Å². The molecule has 3 rings (SSSR count). The molecule has 2 aromatic carbocycles. The lowest BCUT2D eigenvalue weighted by atomic mass is 9.98. The van der Waals surface area contributed by atoms with Crippen LogP contribution < -0.4 is 16.0 Å². The molecule has 126 valence electrons. The lowest BCUT2D eigenvalue weighted by Gasteiger charge is -2.33. The Hall–Kier alpha value is -1.76. The number of nitrogens with one attached hydrogen (secondary N) is 1. The van der Waals surface area contributed by atoms with E-state index in [0.717, 1.165) is 34.0 Å². The Morgan fingerprint density at radius 2 is 1.92 bits per heavy atom. The average molecular weight is 435 g/mol. The zero-order valence-electron chi connectivity index (χ0n) is 13.8. The minimum atomic E-state index is -0.112. The molecular weight excluding hydrogens is 413 g/mol. The van der Waals surface area contributed by atoms with Crippen molar-refractivity contribution in [1.29, 1.82) is 0 Å². The Labute approximate surface area is 156 Å². The van der Waals surface area contributed by atoms with Crippen molar-refractivity contribution in [1.82, 2.24) is 0 Å². The standard InChI is InChI=1S/C19H22IN3O/c1-13-8-10-23(11-9-13)18-7-6-14(12-17(18)21)22-19(24)15-4-2-3-5-16(15)20/h2-7,12-13H,8-11,21H2,1H3,(H,22,24). The van der Waals surface area contributed by atoms with E-state index in [2.05, 4.69) is 39.7 Å². The van der Waals surface area contributed by atoms with Gasteiger partial charge in [0.1, 0.15) is 0 Å². The van der Waals surface area contributed by atoms with Gasteiger partial charge in [0.25, 0.3) is 5.91 Å². The van der Waals surface area contributed by atoms with E-state index in [4.69, 9.17) is 5.73 Å². The second-order valence-corrected chi connectivity index (χ2v) is 7.54. The smallest absolute Gasteiger partial charge is 0.256 e. The summed E-state index contributed by atoms with van der Waals surface area (Å²) in [6, 6.07) is 13.3. The van der Waals surface area contributed by atoms with E-state index >= 15 is 0 Å². The summed E-state index contributed by atoms with van der Waals surface area (Å²) in [6.45, 7) is 4.38. The quantitative estimate of drug-likeness (QED) is 0.557. The highest BCUT2D eigenvalue weighted by molar-refractivity contribution is 14.1. The molecule has 5 heteroatoms. The van der Waals surface area contributed by atoms with E-state index in [9.17, 15) is 4.79 Å². The molecule has 0 spiro atoms. The van der Waals surface area contributed by atoms with Crippen LogP contribution in [-0.2, 0) is 0 Å². The van der Waals surface area contributed by atoms with Crippen molar-refractivity contribution in [2.24, 2.45) is 5.92 Å². The van der Waals surface area contributed by atoms with Gasteiger partial charge in [0.15, 0.2) is 0 Å². The summed E-state index contributed by atoms with van der Waals surface area (Å²) >= 11 is 2.17. The summed E-state index contributed by atoms with van der Waals surface area (Å²) < 4.78 is 0.930. The zero-order chi connectivity index (χ0) is 17.1. The third-order valence-electron chi connectivity index (χ3n) is 4.53. The second-order valence-electron chi connectivity index (χ2n) is 6.38. The van der Waals surface area contributed by atoms with Gasteiger partial charge >= 0.3 is 0 Å². The van der Waals surface area contributed by atoms with E-state index in [1.807, 2.05) is 42.5 Å². The van der Waals surface area contributed by atoms with Gasteiger partial charge in [-0.15, -0.1) is 0 Å². The van der Waals surface area contributed by atoms with Crippen LogP contribution in [0.1, 0.15) is 30.1 Å². The summed E-state index contributed by atoms with van der Waals surface area (Å²) in [5, 5.41) is 2.93. The van der Waals surface area contributed by atoms with Gasteiger partial charge in [-0.05, 0) is 71.7 Å². The average Bonchev–Trinajstić information content (AvgIpc) is 2.56. The van der Waals surface area contributed by atoms with E-state index in [1.54, 1.807) is 0 Å². The molecule has 24 heavy (non-hydrogen) atoms. The maximum Gasteiger partial charge on any atom is 0.256 e. The first-order valence-electron chi connectivity index (χ1n) is 8.25. The lowest BCUT2D eigenvalue weighted by Crippen LogP contribution is -2.33. The molecule has 1 saturated heterocycles. The first-order valence-corrected chi connectivity index (χ1v) is 9.33. The van der Waals surface area contributed by atoms with Gasteiger partial charge in [0.05, 0.1) is 16.9 Å². The fraction of sp³-hybridized carbons (Fsp3) is 0.316. The zero-order valence-corrected chi connectivity index (χ0v) is 15.9. The Kier molecular flexibility index (Phi) is 5.28. The number of carbonyl (C=O) groups excluding carboxylic acids is 1. The van der Waals surface area contributed by atoms with Gasteiger partial charge in [0.2, 0.25) is 0 Å². The summed E-state index contributed by atoms with van der Waals surface area (Å²) in [5.41, 5.74) is 9.41. The Morgan fingerprint density at radius 1 is 1.21 bits per heavy atom. The van der Waals surface area contributed by atoms with Crippen molar-refractivity contribution >= 4 is 45.6 Å². The van der Waals surface area contributed by atoms with Gasteiger partial charge in [-0.2, -0.15) is 0 Å². The van der Waals surface area contributed by atoms with Crippen molar-refractivity contribution < 1.29 is 4.79 Å². The van der Waals surface area contributed by atoms with Crippen molar-refractivity contribution in [3.8, 4) is 0 Å². The minimum absolute atomic E-state index is 0.112. The topological polar surface area (TPSA) is 58.4 Å². The molecule has 1 heterocycles. The molecule has 1 aliphatic heterocycles. The summed E-state index contributed by atoms with van der Waals surface area (Å²) in [7, 11) is 0. The molecule has 0 bridgehead atoms. The number of carbonyl (C=O) groups is 1. The molecule has 1 aliphatic rings. The highest BCUT2D eigenvalue weighted by Gasteiger charge is 2.18. The van der Waals surface area contributed by atoms with E-state index < -0.39 is 0 Å². The molecule has 1 amide bonds. The number of nitrogens with zero attached hydrogens (tertiary/aromatic N) is 1. The van der Waals surface area contributed by atoms with Crippen LogP contribution in [0, 0.1) is 9.49 Å². The highest BCUT2D eigenvalue weighted by atomic mass is 127. The predicted octanol–water partition coefficient (Wildman–Crippen LogP) is 4.36. The third kappa shape index (κ3) is 3.83. The van der Waals surface area contributed by atoms with Crippen molar-refractivity contribution in [3.05, 3.63) is 51.6 Å². The number of nitrogens with two attached hydrogens (primary N) is 1. The number of anilines is 3. The minimum Gasteiger partial charge on any atom is -0.397 e. The van der Waals surface area contributed by atoms with Crippen molar-refractivity contribution in [3.63, 3.8) is 0 Å². The van der Waals surface area contributed by atoms with Gasteiger partial charge in [0, 0.05) is 22.3 Å². The van der Waals surface area contributed by atoms with Crippen LogP contribution >= 0.6 is 22.6 Å². The van der Waals surface area contributed by atoms with Crippen LogP contribution in [0.5, 0.6) is 0 Å². The molecule has 4 nitrogen and oxygen atoms in total. The predicted molar refractivity (Wildman–Crippen MR) is 109 cm³/mol. The second kappa shape index (κ2) is 7.42. The number of hydrogen-bond acceptors (Lipinski definition) is 3. The van der Waals surface area contributed by atoms with Crippen molar-refractivity contribution in [2.75, 3.05) is 29.0 Å². The first kappa shape index (κ1) is 17.1. The summed E-state index contributed by atoms with van der Waals surface area (Å²) in [6.07, 6.45) is 2.40. The normalized spacial score (nSPS) is 15.3. The van der Waals surface area contributed by atoms with Crippen LogP contribution in [0.15, 0.2) is 42.5 Å². The fourth-order valence-electron chi connectivity index (χ4n) is 3.01. The van der Waals surface area contributed by atoms with Gasteiger partial charge in [-0.3, -0.25) is 4.79 Å². The van der Waals surface area contributed by atoms with E-state index in [-0.39, 0.29) is 5.91 Å². The number of halogens is 1. The molecule has 0 radical (unpaired) electrons. The number of piperidine rings is 1.